The van der Waals surface area contributed by atoms with Gasteiger partial charge in [-0.25, -0.2) is 4.39 Å². The first-order chi connectivity index (χ1) is 13.5. The Morgan fingerprint density at radius 2 is 1.86 bits per heavy atom. The van der Waals surface area contributed by atoms with Crippen molar-refractivity contribution >= 4 is 34.4 Å². The number of aliphatic hydroxyl groups is 2. The molecule has 0 radical (unpaired) electrons. The molecule has 6 heteroatoms. The number of hydrogen-bond acceptors (Lipinski definition) is 3. The number of amides is 1. The Kier molecular flexibility index (Phi) is 6.41. The van der Waals surface area contributed by atoms with Crippen molar-refractivity contribution in [1.29, 1.82) is 0 Å². The molecule has 2 atom stereocenters. The SMILES string of the molecule is O=C(C=Cc1ccc(F)cc1Cl)N[C@H](c1ccc2ccccc2c1)[C@H](O)CO. The average Bonchev–Trinajstić information content (AvgIpc) is 2.70. The van der Waals surface area contributed by atoms with Crippen LogP contribution in [0.3, 0.4) is 0 Å². The lowest BCUT2D eigenvalue weighted by molar-refractivity contribution is -0.118. The molecule has 3 N–H and O–H groups in total. The molecule has 3 aromatic carbocycles. The fourth-order valence-electron chi connectivity index (χ4n) is 2.91. The number of fused-ring (bicyclic) bond motifs is 1. The molecule has 28 heavy (non-hydrogen) atoms. The van der Waals surface area contributed by atoms with Gasteiger partial charge in [0, 0.05) is 6.08 Å². The monoisotopic (exact) mass is 399 g/mol. The number of nitrogens with one attached hydrogen (secondary N) is 1. The zero-order valence-electron chi connectivity index (χ0n) is 14.8. The van der Waals surface area contributed by atoms with Crippen LogP contribution in [0.1, 0.15) is 17.2 Å². The molecule has 0 aliphatic rings. The van der Waals surface area contributed by atoms with E-state index in [1.54, 1.807) is 6.07 Å². The van der Waals surface area contributed by atoms with Crippen molar-refractivity contribution in [2.45, 2.75) is 12.1 Å². The number of carbonyl (C=O) groups excluding carboxylic acids is 1. The van der Waals surface area contributed by atoms with E-state index in [9.17, 15) is 19.4 Å². The highest BCUT2D eigenvalue weighted by molar-refractivity contribution is 6.32. The molecule has 0 bridgehead atoms. The summed E-state index contributed by atoms with van der Waals surface area (Å²) in [6.45, 7) is -0.509. The number of rotatable bonds is 6. The minimum Gasteiger partial charge on any atom is -0.394 e. The maximum Gasteiger partial charge on any atom is 0.244 e. The van der Waals surface area contributed by atoms with Crippen LogP contribution in [0.5, 0.6) is 0 Å². The highest BCUT2D eigenvalue weighted by Crippen LogP contribution is 2.23. The molecule has 0 unspecified atom stereocenters. The third kappa shape index (κ3) is 4.75. The minimum absolute atomic E-state index is 0.186. The van der Waals surface area contributed by atoms with Gasteiger partial charge in [0.05, 0.1) is 17.7 Å². The van der Waals surface area contributed by atoms with E-state index in [1.807, 2.05) is 36.4 Å². The molecule has 0 heterocycles. The van der Waals surface area contributed by atoms with Crippen molar-refractivity contribution < 1.29 is 19.4 Å². The summed E-state index contributed by atoms with van der Waals surface area (Å²) in [6.07, 6.45) is 1.53. The van der Waals surface area contributed by atoms with Crippen LogP contribution in [-0.4, -0.2) is 28.8 Å². The van der Waals surface area contributed by atoms with Gasteiger partial charge in [-0.2, -0.15) is 0 Å². The topological polar surface area (TPSA) is 69.6 Å². The van der Waals surface area contributed by atoms with E-state index in [4.69, 9.17) is 11.6 Å². The smallest absolute Gasteiger partial charge is 0.244 e. The Labute approximate surface area is 166 Å². The van der Waals surface area contributed by atoms with Gasteiger partial charge in [-0.3, -0.25) is 4.79 Å². The molecule has 0 aliphatic heterocycles. The summed E-state index contributed by atoms with van der Waals surface area (Å²) in [6, 6.07) is 16.3. The summed E-state index contributed by atoms with van der Waals surface area (Å²) in [7, 11) is 0. The Hall–Kier alpha value is -2.73. The predicted molar refractivity (Wildman–Crippen MR) is 108 cm³/mol. The molecule has 144 valence electrons. The van der Waals surface area contributed by atoms with E-state index in [1.165, 1.54) is 24.3 Å². The van der Waals surface area contributed by atoms with Gasteiger partial charge >= 0.3 is 0 Å². The summed E-state index contributed by atoms with van der Waals surface area (Å²) in [5.41, 5.74) is 1.16. The summed E-state index contributed by atoms with van der Waals surface area (Å²) in [5.74, 6) is -0.944. The lowest BCUT2D eigenvalue weighted by Crippen LogP contribution is -2.37. The second-order valence-electron chi connectivity index (χ2n) is 6.34. The summed E-state index contributed by atoms with van der Waals surface area (Å²) in [5, 5.41) is 24.5. The van der Waals surface area contributed by atoms with Gasteiger partial charge in [0.15, 0.2) is 0 Å². The molecular weight excluding hydrogens is 381 g/mol. The first kappa shape index (κ1) is 20.0. The largest absolute Gasteiger partial charge is 0.394 e. The Balaban J connectivity index is 1.81. The predicted octanol–water partition coefficient (Wildman–Crippen LogP) is 3.86. The van der Waals surface area contributed by atoms with Crippen LogP contribution in [-0.2, 0) is 4.79 Å². The van der Waals surface area contributed by atoms with Gasteiger partial charge in [-0.15, -0.1) is 0 Å². The second kappa shape index (κ2) is 8.97. The summed E-state index contributed by atoms with van der Waals surface area (Å²) < 4.78 is 13.1. The van der Waals surface area contributed by atoms with Gasteiger partial charge in [0.25, 0.3) is 0 Å². The highest BCUT2D eigenvalue weighted by atomic mass is 35.5. The van der Waals surface area contributed by atoms with Crippen LogP contribution >= 0.6 is 11.6 Å². The molecule has 0 spiro atoms. The van der Waals surface area contributed by atoms with Crippen LogP contribution in [0.25, 0.3) is 16.8 Å². The minimum atomic E-state index is -1.17. The van der Waals surface area contributed by atoms with Crippen molar-refractivity contribution in [2.24, 2.45) is 0 Å². The number of aliphatic hydroxyl groups excluding tert-OH is 2. The van der Waals surface area contributed by atoms with E-state index in [-0.39, 0.29) is 5.02 Å². The van der Waals surface area contributed by atoms with E-state index in [2.05, 4.69) is 5.32 Å². The van der Waals surface area contributed by atoms with Crippen LogP contribution in [0, 0.1) is 5.82 Å². The zero-order valence-corrected chi connectivity index (χ0v) is 15.6. The van der Waals surface area contributed by atoms with E-state index in [0.717, 1.165) is 16.8 Å². The number of carbonyl (C=O) groups is 1. The number of halogens is 2. The first-order valence-electron chi connectivity index (χ1n) is 8.69. The van der Waals surface area contributed by atoms with Crippen LogP contribution < -0.4 is 5.32 Å². The third-order valence-electron chi connectivity index (χ3n) is 4.38. The maximum atomic E-state index is 13.1. The van der Waals surface area contributed by atoms with Crippen molar-refractivity contribution in [3.63, 3.8) is 0 Å². The molecule has 0 aliphatic carbocycles. The van der Waals surface area contributed by atoms with Gasteiger partial charge in [-0.1, -0.05) is 54.1 Å². The zero-order chi connectivity index (χ0) is 20.1. The molecule has 0 saturated carbocycles. The van der Waals surface area contributed by atoms with Crippen LogP contribution in [0.15, 0.2) is 66.7 Å². The Bertz CT molecular complexity index is 1020. The quantitative estimate of drug-likeness (QED) is 0.551. The molecule has 1 amide bonds. The standard InChI is InChI=1S/C22H19ClFNO3/c23-19-12-18(24)9-7-15(19)8-10-21(28)25-22(20(27)13-26)17-6-5-14-3-1-2-4-16(14)11-17/h1-12,20,22,26-27H,13H2,(H,25,28)/t20-,22-/m1/s1. The maximum absolute atomic E-state index is 13.1. The van der Waals surface area contributed by atoms with Crippen molar-refractivity contribution in [1.82, 2.24) is 5.32 Å². The summed E-state index contributed by atoms with van der Waals surface area (Å²) >= 11 is 5.95. The lowest BCUT2D eigenvalue weighted by atomic mass is 9.98. The fraction of sp³-hybridized carbons (Fsp3) is 0.136. The Morgan fingerprint density at radius 1 is 1.11 bits per heavy atom. The molecule has 0 aromatic heterocycles. The van der Waals surface area contributed by atoms with Crippen LogP contribution in [0.4, 0.5) is 4.39 Å². The number of hydrogen-bond donors (Lipinski definition) is 3. The fourth-order valence-corrected chi connectivity index (χ4v) is 3.14. The molecule has 3 aromatic rings. The molecule has 4 nitrogen and oxygen atoms in total. The van der Waals surface area contributed by atoms with Crippen molar-refractivity contribution in [3.8, 4) is 0 Å². The van der Waals surface area contributed by atoms with E-state index < -0.39 is 30.5 Å². The van der Waals surface area contributed by atoms with Crippen LogP contribution in [0.2, 0.25) is 5.02 Å². The molecule has 0 fully saturated rings. The van der Waals surface area contributed by atoms with Gasteiger partial charge < -0.3 is 15.5 Å². The molecule has 3 rings (SSSR count). The first-order valence-corrected chi connectivity index (χ1v) is 9.07. The van der Waals surface area contributed by atoms with E-state index >= 15 is 0 Å². The summed E-state index contributed by atoms with van der Waals surface area (Å²) in [4.78, 5) is 12.4. The van der Waals surface area contributed by atoms with Gasteiger partial charge in [0.2, 0.25) is 5.91 Å². The normalized spacial score (nSPS) is 13.6. The lowest BCUT2D eigenvalue weighted by Gasteiger charge is -2.23. The van der Waals surface area contributed by atoms with E-state index in [0.29, 0.717) is 11.1 Å². The Morgan fingerprint density at radius 3 is 2.57 bits per heavy atom. The van der Waals surface area contributed by atoms with Crippen molar-refractivity contribution in [3.05, 3.63) is 88.7 Å². The average molecular weight is 400 g/mol. The van der Waals surface area contributed by atoms with Crippen molar-refractivity contribution in [2.75, 3.05) is 6.61 Å². The highest BCUT2D eigenvalue weighted by Gasteiger charge is 2.22. The second-order valence-corrected chi connectivity index (χ2v) is 6.75. The van der Waals surface area contributed by atoms with Gasteiger partial charge in [-0.05, 0) is 46.2 Å². The van der Waals surface area contributed by atoms with Gasteiger partial charge in [0.1, 0.15) is 11.9 Å². The molecular formula is C22H19ClFNO3. The molecule has 0 saturated heterocycles. The third-order valence-corrected chi connectivity index (χ3v) is 4.71. The number of benzene rings is 3.